The summed E-state index contributed by atoms with van der Waals surface area (Å²) < 4.78 is 28.6. The smallest absolute Gasteiger partial charge is 0.339 e. The Balaban J connectivity index is 1.75. The van der Waals surface area contributed by atoms with Crippen LogP contribution in [0.3, 0.4) is 0 Å². The molecule has 2 atom stereocenters. The van der Waals surface area contributed by atoms with Crippen molar-refractivity contribution >= 4 is 44.2 Å². The number of halogens is 1. The number of carbonyl (C=O) groups is 2. The zero-order chi connectivity index (χ0) is 19.8. The van der Waals surface area contributed by atoms with Crippen molar-refractivity contribution in [2.24, 2.45) is 0 Å². The van der Waals surface area contributed by atoms with Crippen LogP contribution in [0.5, 0.6) is 0 Å². The zero-order valence-electron chi connectivity index (χ0n) is 14.9. The van der Waals surface area contributed by atoms with E-state index in [1.165, 1.54) is 24.9 Å². The van der Waals surface area contributed by atoms with Crippen molar-refractivity contribution in [3.63, 3.8) is 0 Å². The SMILES string of the molecule is C[C@@H](OC(=O)c1cc(Cl)nc2ccccc12)C(=O)N(C)[C@H]1CCS(=O)(=O)C1. The Hall–Kier alpha value is -2.19. The molecule has 0 saturated carbocycles. The van der Waals surface area contributed by atoms with Gasteiger partial charge in [-0.3, -0.25) is 4.79 Å². The van der Waals surface area contributed by atoms with Crippen molar-refractivity contribution in [2.75, 3.05) is 18.6 Å². The molecule has 144 valence electrons. The van der Waals surface area contributed by atoms with Crippen LogP contribution in [0.4, 0.5) is 0 Å². The zero-order valence-corrected chi connectivity index (χ0v) is 16.5. The van der Waals surface area contributed by atoms with Gasteiger partial charge in [0.25, 0.3) is 5.91 Å². The van der Waals surface area contributed by atoms with Crippen molar-refractivity contribution in [3.8, 4) is 0 Å². The maximum Gasteiger partial charge on any atom is 0.339 e. The lowest BCUT2D eigenvalue weighted by Gasteiger charge is -2.26. The molecule has 0 bridgehead atoms. The quantitative estimate of drug-likeness (QED) is 0.565. The number of rotatable bonds is 4. The first-order chi connectivity index (χ1) is 12.7. The second kappa shape index (κ2) is 7.44. The number of aromatic nitrogens is 1. The lowest BCUT2D eigenvalue weighted by molar-refractivity contribution is -0.140. The van der Waals surface area contributed by atoms with E-state index in [0.29, 0.717) is 17.3 Å². The van der Waals surface area contributed by atoms with E-state index < -0.39 is 33.9 Å². The standard InChI is InChI=1S/C18H19ClN2O5S/c1-11(17(22)21(2)12-7-8-27(24,25)10-12)26-18(23)14-9-16(19)20-15-6-4-3-5-13(14)15/h3-6,9,11-12H,7-8,10H2,1-2H3/t11-,12+/m1/s1. The highest BCUT2D eigenvalue weighted by atomic mass is 35.5. The van der Waals surface area contributed by atoms with Crippen LogP contribution in [0.2, 0.25) is 5.15 Å². The largest absolute Gasteiger partial charge is 0.449 e. The number of para-hydroxylation sites is 1. The van der Waals surface area contributed by atoms with Crippen LogP contribution < -0.4 is 0 Å². The van der Waals surface area contributed by atoms with Crippen LogP contribution >= 0.6 is 11.6 Å². The van der Waals surface area contributed by atoms with E-state index in [2.05, 4.69) is 4.98 Å². The van der Waals surface area contributed by atoms with Crippen LogP contribution in [0.15, 0.2) is 30.3 Å². The second-order valence-electron chi connectivity index (χ2n) is 6.56. The van der Waals surface area contributed by atoms with Gasteiger partial charge in [0.2, 0.25) is 0 Å². The molecule has 3 rings (SSSR count). The number of ether oxygens (including phenoxy) is 1. The van der Waals surface area contributed by atoms with E-state index in [4.69, 9.17) is 16.3 Å². The van der Waals surface area contributed by atoms with Crippen molar-refractivity contribution in [2.45, 2.75) is 25.5 Å². The van der Waals surface area contributed by atoms with Gasteiger partial charge >= 0.3 is 5.97 Å². The molecular formula is C18H19ClN2O5S. The molecule has 1 saturated heterocycles. The van der Waals surface area contributed by atoms with Crippen molar-refractivity contribution in [1.82, 2.24) is 9.88 Å². The van der Waals surface area contributed by atoms with Gasteiger partial charge in [0, 0.05) is 18.5 Å². The average Bonchev–Trinajstić information content (AvgIpc) is 2.99. The van der Waals surface area contributed by atoms with Crippen molar-refractivity contribution in [1.29, 1.82) is 0 Å². The number of pyridine rings is 1. The summed E-state index contributed by atoms with van der Waals surface area (Å²) in [6, 6.07) is 7.98. The number of esters is 1. The molecule has 0 radical (unpaired) electrons. The van der Waals surface area contributed by atoms with Crippen LogP contribution in [0, 0.1) is 0 Å². The van der Waals surface area contributed by atoms with E-state index in [9.17, 15) is 18.0 Å². The van der Waals surface area contributed by atoms with Gasteiger partial charge in [-0.25, -0.2) is 18.2 Å². The Morgan fingerprint density at radius 1 is 1.33 bits per heavy atom. The normalized spacial score (nSPS) is 19.6. The molecule has 9 heteroatoms. The molecule has 2 heterocycles. The lowest BCUT2D eigenvalue weighted by Crippen LogP contribution is -2.44. The molecule has 1 aliphatic heterocycles. The van der Waals surface area contributed by atoms with Crippen LogP contribution in [0.1, 0.15) is 23.7 Å². The van der Waals surface area contributed by atoms with Gasteiger partial charge in [-0.05, 0) is 25.5 Å². The van der Waals surface area contributed by atoms with Gasteiger partial charge in [0.1, 0.15) is 5.15 Å². The summed E-state index contributed by atoms with van der Waals surface area (Å²) in [5.74, 6) is -1.15. The Kier molecular flexibility index (Phi) is 5.39. The third-order valence-electron chi connectivity index (χ3n) is 4.64. The molecule has 27 heavy (non-hydrogen) atoms. The molecule has 2 aromatic rings. The predicted molar refractivity (Wildman–Crippen MR) is 101 cm³/mol. The van der Waals surface area contributed by atoms with Gasteiger partial charge < -0.3 is 9.64 Å². The number of hydrogen-bond donors (Lipinski definition) is 0. The maximum atomic E-state index is 12.6. The molecule has 1 fully saturated rings. The van der Waals surface area contributed by atoms with Gasteiger partial charge in [0.05, 0.1) is 22.6 Å². The maximum absolute atomic E-state index is 12.6. The Morgan fingerprint density at radius 3 is 2.70 bits per heavy atom. The molecule has 1 aromatic carbocycles. The molecule has 1 aromatic heterocycles. The van der Waals surface area contributed by atoms with Gasteiger partial charge in [0.15, 0.2) is 15.9 Å². The first-order valence-electron chi connectivity index (χ1n) is 8.41. The molecule has 7 nitrogen and oxygen atoms in total. The first kappa shape index (κ1) is 19.6. The lowest BCUT2D eigenvalue weighted by atomic mass is 10.1. The highest BCUT2D eigenvalue weighted by Gasteiger charge is 2.35. The second-order valence-corrected chi connectivity index (χ2v) is 9.18. The molecule has 0 spiro atoms. The number of likely N-dealkylation sites (N-methyl/N-ethyl adjacent to an activating group) is 1. The van der Waals surface area contributed by atoms with E-state index >= 15 is 0 Å². The number of sulfone groups is 1. The van der Waals surface area contributed by atoms with Crippen LogP contribution in [0.25, 0.3) is 10.9 Å². The van der Waals surface area contributed by atoms with E-state index in [1.807, 2.05) is 0 Å². The summed E-state index contributed by atoms with van der Waals surface area (Å²) in [5, 5.41) is 0.717. The summed E-state index contributed by atoms with van der Waals surface area (Å²) in [5.41, 5.74) is 0.764. The minimum absolute atomic E-state index is 0.0605. The van der Waals surface area contributed by atoms with Gasteiger partial charge in [-0.15, -0.1) is 0 Å². The molecule has 1 aliphatic rings. The summed E-state index contributed by atoms with van der Waals surface area (Å²) in [6.45, 7) is 1.46. The highest BCUT2D eigenvalue weighted by Crippen LogP contribution is 2.23. The van der Waals surface area contributed by atoms with Gasteiger partial charge in [-0.1, -0.05) is 29.8 Å². The van der Waals surface area contributed by atoms with Crippen LogP contribution in [-0.4, -0.2) is 60.9 Å². The number of nitrogens with zero attached hydrogens (tertiary/aromatic N) is 2. The Labute approximate surface area is 162 Å². The summed E-state index contributed by atoms with van der Waals surface area (Å²) in [7, 11) is -1.59. The molecule has 0 unspecified atom stereocenters. The van der Waals surface area contributed by atoms with E-state index in [1.54, 1.807) is 24.3 Å². The summed E-state index contributed by atoms with van der Waals surface area (Å²) in [4.78, 5) is 30.7. The summed E-state index contributed by atoms with van der Waals surface area (Å²) >= 11 is 5.98. The fourth-order valence-electron chi connectivity index (χ4n) is 3.13. The Morgan fingerprint density at radius 2 is 2.04 bits per heavy atom. The number of carbonyl (C=O) groups excluding carboxylic acids is 2. The fourth-order valence-corrected chi connectivity index (χ4v) is 5.11. The highest BCUT2D eigenvalue weighted by molar-refractivity contribution is 7.91. The third kappa shape index (κ3) is 4.22. The number of benzene rings is 1. The number of amides is 1. The average molecular weight is 411 g/mol. The molecular weight excluding hydrogens is 392 g/mol. The van der Waals surface area contributed by atoms with Crippen molar-refractivity contribution in [3.05, 3.63) is 41.0 Å². The number of fused-ring (bicyclic) bond motifs is 1. The minimum Gasteiger partial charge on any atom is -0.449 e. The van der Waals surface area contributed by atoms with E-state index in [-0.39, 0.29) is 22.2 Å². The van der Waals surface area contributed by atoms with Crippen molar-refractivity contribution < 1.29 is 22.7 Å². The fraction of sp³-hybridized carbons (Fsp3) is 0.389. The molecule has 1 amide bonds. The first-order valence-corrected chi connectivity index (χ1v) is 10.6. The monoisotopic (exact) mass is 410 g/mol. The van der Waals surface area contributed by atoms with Gasteiger partial charge in [-0.2, -0.15) is 0 Å². The summed E-state index contributed by atoms with van der Waals surface area (Å²) in [6.07, 6.45) is -0.674. The topological polar surface area (TPSA) is 93.6 Å². The van der Waals surface area contributed by atoms with E-state index in [0.717, 1.165) is 0 Å². The number of hydrogen-bond acceptors (Lipinski definition) is 6. The molecule has 0 aliphatic carbocycles. The predicted octanol–water partition coefficient (Wildman–Crippen LogP) is 2.08. The third-order valence-corrected chi connectivity index (χ3v) is 6.58. The van der Waals surface area contributed by atoms with Crippen LogP contribution in [-0.2, 0) is 19.4 Å². The molecule has 0 N–H and O–H groups in total. The minimum atomic E-state index is -3.12. The Bertz CT molecular complexity index is 1010.